The number of hydrogen-bond donors (Lipinski definition) is 1. The smallest absolute Gasteiger partial charge is 0.404 e. The molecule has 0 radical (unpaired) electrons. The van der Waals surface area contributed by atoms with Gasteiger partial charge in [-0.15, -0.1) is 0 Å². The quantitative estimate of drug-likeness (QED) is 0.482. The second-order valence-electron chi connectivity index (χ2n) is 1.77. The molecule has 0 unspecified atom stereocenters. The van der Waals surface area contributed by atoms with Crippen LogP contribution in [-0.4, -0.2) is 19.4 Å². The number of nitrogens with one attached hydrogen (secondary N) is 1. The monoisotopic (exact) mass is 304 g/mol. The Hall–Kier alpha value is 0.120. The third kappa shape index (κ3) is 4.56. The molecule has 0 aromatic heterocycles. The summed E-state index contributed by atoms with van der Waals surface area (Å²) in [6.07, 6.45) is -1.56. The highest BCUT2D eigenvalue weighted by molar-refractivity contribution is 6.75. The molecule has 0 rings (SSSR count). The molecule has 1 N–H and O–H groups in total. The number of nitrogens with zero attached hydrogens (tertiary/aromatic N) is 1. The first kappa shape index (κ1) is 14.1. The molecule has 1 amide bonds. The second kappa shape index (κ2) is 4.76. The molecule has 0 aliphatic heterocycles. The first-order chi connectivity index (χ1) is 6.06. The summed E-state index contributed by atoms with van der Waals surface area (Å²) >= 11 is 26.1. The lowest BCUT2D eigenvalue weighted by Crippen LogP contribution is -2.41. The largest absolute Gasteiger partial charge is 0.468 e. The fraction of sp³-hybridized carbons (Fsp3) is 0.667. The van der Waals surface area contributed by atoms with Gasteiger partial charge in [-0.3, -0.25) is 0 Å². The third-order valence-electron chi connectivity index (χ3n) is 0.733. The van der Waals surface area contributed by atoms with E-state index in [1.54, 1.807) is 0 Å². The zero-order valence-corrected chi connectivity index (χ0v) is 9.75. The highest BCUT2D eigenvalue weighted by Crippen LogP contribution is 2.46. The first-order valence-corrected chi connectivity index (χ1v) is 4.54. The third-order valence-corrected chi connectivity index (χ3v) is 2.83. The van der Waals surface area contributed by atoms with Crippen molar-refractivity contribution in [3.63, 3.8) is 0 Å². The molecule has 0 bridgehead atoms. The van der Waals surface area contributed by atoms with E-state index in [-0.39, 0.29) is 0 Å². The van der Waals surface area contributed by atoms with E-state index in [1.807, 2.05) is 0 Å². The number of carbonyl (C=O) groups is 1. The first-order valence-electron chi connectivity index (χ1n) is 2.65. The zero-order chi connectivity index (χ0) is 11.6. The SMILES string of the molecule is O=C(N[N+](=O)[O-])OC(Cl)(Cl)C(Cl)(Cl)Cl. The van der Waals surface area contributed by atoms with Gasteiger partial charge in [0, 0.05) is 0 Å². The Labute approximate surface area is 102 Å². The molecule has 0 aliphatic carbocycles. The van der Waals surface area contributed by atoms with Crippen LogP contribution in [0.5, 0.6) is 0 Å². The van der Waals surface area contributed by atoms with Gasteiger partial charge in [0.1, 0.15) is 0 Å². The van der Waals surface area contributed by atoms with Crippen LogP contribution in [0.1, 0.15) is 0 Å². The van der Waals surface area contributed by atoms with Gasteiger partial charge in [-0.2, -0.15) is 0 Å². The van der Waals surface area contributed by atoms with Gasteiger partial charge >= 0.3 is 10.6 Å². The fourth-order valence-electron chi connectivity index (χ4n) is 0.272. The summed E-state index contributed by atoms with van der Waals surface area (Å²) in [5.74, 6) is 0. The van der Waals surface area contributed by atoms with Crippen LogP contribution < -0.4 is 5.43 Å². The molecular weight excluding hydrogens is 305 g/mol. The van der Waals surface area contributed by atoms with E-state index >= 15 is 0 Å². The van der Waals surface area contributed by atoms with E-state index < -0.39 is 19.4 Å². The van der Waals surface area contributed by atoms with Crippen LogP contribution in [0.3, 0.4) is 0 Å². The topological polar surface area (TPSA) is 81.5 Å². The highest BCUT2D eigenvalue weighted by Gasteiger charge is 2.50. The van der Waals surface area contributed by atoms with Crippen molar-refractivity contribution in [3.05, 3.63) is 10.1 Å². The van der Waals surface area contributed by atoms with E-state index in [1.165, 1.54) is 0 Å². The Balaban J connectivity index is 4.37. The summed E-state index contributed by atoms with van der Waals surface area (Å²) in [4.78, 5) is 20.3. The van der Waals surface area contributed by atoms with Crippen molar-refractivity contribution in [2.45, 2.75) is 8.31 Å². The Morgan fingerprint density at radius 2 is 1.71 bits per heavy atom. The van der Waals surface area contributed by atoms with Crippen molar-refractivity contribution in [1.82, 2.24) is 5.43 Å². The molecule has 82 valence electrons. The van der Waals surface area contributed by atoms with Crippen LogP contribution in [0, 0.1) is 10.1 Å². The number of ether oxygens (including phenoxy) is 1. The molecule has 0 heterocycles. The van der Waals surface area contributed by atoms with Crippen LogP contribution in [0.4, 0.5) is 4.79 Å². The summed E-state index contributed by atoms with van der Waals surface area (Å²) in [5.41, 5.74) is 1.09. The minimum atomic E-state index is -2.53. The molecule has 14 heavy (non-hydrogen) atoms. The summed E-state index contributed by atoms with van der Waals surface area (Å²) < 4.78 is -0.817. The average Bonchev–Trinajstić information content (AvgIpc) is 1.79. The predicted octanol–water partition coefficient (Wildman–Crippen LogP) is 2.41. The summed E-state index contributed by atoms with van der Waals surface area (Å²) in [6.45, 7) is 0. The van der Waals surface area contributed by atoms with Crippen LogP contribution in [0.2, 0.25) is 0 Å². The van der Waals surface area contributed by atoms with Crippen molar-refractivity contribution in [2.75, 3.05) is 0 Å². The number of halogens is 5. The van der Waals surface area contributed by atoms with Gasteiger partial charge in [0.25, 0.3) is 3.79 Å². The van der Waals surface area contributed by atoms with E-state index in [0.717, 1.165) is 5.43 Å². The lowest BCUT2D eigenvalue weighted by molar-refractivity contribution is -0.530. The molecule has 0 fully saturated rings. The molecule has 6 nitrogen and oxygen atoms in total. The number of hydrazine groups is 1. The van der Waals surface area contributed by atoms with Gasteiger partial charge in [0.05, 0.1) is 0 Å². The molecule has 0 aromatic rings. The Morgan fingerprint density at radius 3 is 2.00 bits per heavy atom. The Morgan fingerprint density at radius 1 is 1.29 bits per heavy atom. The Bertz CT molecular complexity index is 250. The van der Waals surface area contributed by atoms with E-state index in [4.69, 9.17) is 58.0 Å². The average molecular weight is 306 g/mol. The number of carbonyl (C=O) groups excluding carboxylic acids is 1. The van der Waals surface area contributed by atoms with Crippen molar-refractivity contribution in [1.29, 1.82) is 0 Å². The van der Waals surface area contributed by atoms with Gasteiger partial charge in [-0.25, -0.2) is 14.9 Å². The normalized spacial score (nSPS) is 12.1. The zero-order valence-electron chi connectivity index (χ0n) is 5.97. The molecule has 0 spiro atoms. The summed E-state index contributed by atoms with van der Waals surface area (Å²) in [6, 6.07) is 0. The molecule has 0 aliphatic rings. The molecule has 11 heteroatoms. The maximum Gasteiger partial charge on any atom is 0.468 e. The van der Waals surface area contributed by atoms with E-state index in [2.05, 4.69) is 4.74 Å². The summed E-state index contributed by atoms with van der Waals surface area (Å²) in [5, 5.41) is 8.56. The maximum atomic E-state index is 10.6. The van der Waals surface area contributed by atoms with Gasteiger partial charge in [0.2, 0.25) is 0 Å². The molecular formula is C3HCl5N2O4. The van der Waals surface area contributed by atoms with Crippen LogP contribution in [0.15, 0.2) is 0 Å². The maximum absolute atomic E-state index is 10.6. The lowest BCUT2D eigenvalue weighted by atomic mass is 10.8. The van der Waals surface area contributed by atoms with Crippen molar-refractivity contribution < 1.29 is 14.6 Å². The van der Waals surface area contributed by atoms with Crippen molar-refractivity contribution >= 4 is 64.1 Å². The van der Waals surface area contributed by atoms with Crippen molar-refractivity contribution in [3.8, 4) is 0 Å². The van der Waals surface area contributed by atoms with E-state index in [9.17, 15) is 14.9 Å². The highest BCUT2D eigenvalue weighted by atomic mass is 35.6. The van der Waals surface area contributed by atoms with Crippen LogP contribution in [-0.2, 0) is 4.74 Å². The van der Waals surface area contributed by atoms with Crippen LogP contribution >= 0.6 is 58.0 Å². The minimum absolute atomic E-state index is 1.09. The number of amides is 1. The fourth-order valence-corrected chi connectivity index (χ4v) is 0.528. The molecule has 0 aromatic carbocycles. The number of nitro groups is 1. The van der Waals surface area contributed by atoms with Crippen LogP contribution in [0.25, 0.3) is 0 Å². The second-order valence-corrected chi connectivity index (χ2v) is 5.31. The molecule has 0 atom stereocenters. The minimum Gasteiger partial charge on any atom is -0.404 e. The number of rotatable bonds is 2. The summed E-state index contributed by atoms with van der Waals surface area (Å²) in [7, 11) is 0. The van der Waals surface area contributed by atoms with Crippen molar-refractivity contribution in [2.24, 2.45) is 0 Å². The van der Waals surface area contributed by atoms with Gasteiger partial charge < -0.3 is 4.74 Å². The number of alkyl halides is 5. The Kier molecular flexibility index (Phi) is 4.80. The lowest BCUT2D eigenvalue weighted by Gasteiger charge is -2.25. The standard InChI is InChI=1S/C3HCl5N2O4/c4-2(5,6)3(7,8)14-1(11)9-10(12)13/h(H,9,11). The van der Waals surface area contributed by atoms with Gasteiger partial charge in [0.15, 0.2) is 5.03 Å². The van der Waals surface area contributed by atoms with E-state index in [0.29, 0.717) is 0 Å². The molecule has 0 saturated heterocycles. The number of hydrogen-bond acceptors (Lipinski definition) is 4. The van der Waals surface area contributed by atoms with Gasteiger partial charge in [-0.1, -0.05) is 58.0 Å². The molecule has 0 saturated carbocycles. The van der Waals surface area contributed by atoms with Gasteiger partial charge in [-0.05, 0) is 5.43 Å². The predicted molar refractivity (Wildman–Crippen MR) is 51.3 cm³/mol.